The second kappa shape index (κ2) is 2.51. The number of carbonyl (C=O) groups excluding carboxylic acids is 1. The molecule has 2 aliphatic carbocycles. The molecule has 0 aromatic rings. The Morgan fingerprint density at radius 2 is 1.93 bits per heavy atom. The van der Waals surface area contributed by atoms with Crippen LogP contribution in [0.25, 0.3) is 0 Å². The first kappa shape index (κ1) is 8.72. The standard InChI is InChI=1S/C11H18N2O/c1-11(2)3-8(11)13-10(14)9-6-4-12-5-7(6)9/h6-9,12H,3-5H2,1-2H3,(H,13,14)/t6-,7+,8?,9?. The van der Waals surface area contributed by atoms with E-state index in [-0.39, 0.29) is 0 Å². The number of amides is 1. The number of hydrogen-bond donors (Lipinski definition) is 2. The highest BCUT2D eigenvalue weighted by molar-refractivity contribution is 5.83. The number of rotatable bonds is 2. The van der Waals surface area contributed by atoms with Crippen molar-refractivity contribution in [1.82, 2.24) is 10.6 Å². The minimum absolute atomic E-state index is 0.317. The first-order valence-corrected chi connectivity index (χ1v) is 5.61. The number of carbonyl (C=O) groups is 1. The topological polar surface area (TPSA) is 41.1 Å². The molecule has 3 heteroatoms. The zero-order valence-corrected chi connectivity index (χ0v) is 8.84. The third-order valence-corrected chi connectivity index (χ3v) is 4.22. The molecule has 3 nitrogen and oxygen atoms in total. The van der Waals surface area contributed by atoms with Gasteiger partial charge in [-0.05, 0) is 36.8 Å². The summed E-state index contributed by atoms with van der Waals surface area (Å²) in [4.78, 5) is 11.8. The summed E-state index contributed by atoms with van der Waals surface area (Å²) >= 11 is 0. The van der Waals surface area contributed by atoms with Crippen LogP contribution in [0, 0.1) is 23.2 Å². The van der Waals surface area contributed by atoms with Crippen LogP contribution in [0.3, 0.4) is 0 Å². The van der Waals surface area contributed by atoms with E-state index < -0.39 is 0 Å². The van der Waals surface area contributed by atoms with E-state index in [0.29, 0.717) is 35.1 Å². The molecule has 3 fully saturated rings. The Labute approximate surface area is 84.6 Å². The van der Waals surface area contributed by atoms with E-state index in [1.165, 1.54) is 0 Å². The SMILES string of the molecule is CC1(C)CC1NC(=O)C1[C@H]2CNC[C@@H]12. The maximum absolute atomic E-state index is 11.8. The van der Waals surface area contributed by atoms with E-state index in [4.69, 9.17) is 0 Å². The molecule has 3 rings (SSSR count). The van der Waals surface area contributed by atoms with Crippen LogP contribution in [-0.4, -0.2) is 25.0 Å². The van der Waals surface area contributed by atoms with Crippen LogP contribution in [0.5, 0.6) is 0 Å². The summed E-state index contributed by atoms with van der Waals surface area (Å²) < 4.78 is 0. The largest absolute Gasteiger partial charge is 0.353 e. The Morgan fingerprint density at radius 1 is 1.36 bits per heavy atom. The Kier molecular flexibility index (Phi) is 1.56. The van der Waals surface area contributed by atoms with Crippen LogP contribution in [-0.2, 0) is 4.79 Å². The highest BCUT2D eigenvalue weighted by atomic mass is 16.2. The van der Waals surface area contributed by atoms with Gasteiger partial charge in [-0.3, -0.25) is 4.79 Å². The summed E-state index contributed by atoms with van der Waals surface area (Å²) in [6.07, 6.45) is 1.15. The number of fused-ring (bicyclic) bond motifs is 1. The summed E-state index contributed by atoms with van der Waals surface area (Å²) in [5.41, 5.74) is 0.359. The second-order valence-corrected chi connectivity index (χ2v) is 5.77. The molecule has 0 spiro atoms. The van der Waals surface area contributed by atoms with Crippen LogP contribution >= 0.6 is 0 Å². The molecule has 0 bridgehead atoms. The fourth-order valence-electron chi connectivity index (χ4n) is 2.79. The van der Waals surface area contributed by atoms with E-state index in [9.17, 15) is 4.79 Å². The van der Waals surface area contributed by atoms with Gasteiger partial charge in [0.2, 0.25) is 5.91 Å². The lowest BCUT2D eigenvalue weighted by molar-refractivity contribution is -0.123. The summed E-state index contributed by atoms with van der Waals surface area (Å²) in [6.45, 7) is 6.54. The summed E-state index contributed by atoms with van der Waals surface area (Å²) in [7, 11) is 0. The van der Waals surface area contributed by atoms with Crippen LogP contribution in [0.4, 0.5) is 0 Å². The average molecular weight is 194 g/mol. The van der Waals surface area contributed by atoms with Crippen molar-refractivity contribution in [3.8, 4) is 0 Å². The van der Waals surface area contributed by atoms with E-state index in [1.54, 1.807) is 0 Å². The summed E-state index contributed by atoms with van der Waals surface area (Å²) in [6, 6.07) is 0.448. The quantitative estimate of drug-likeness (QED) is 0.666. The second-order valence-electron chi connectivity index (χ2n) is 5.77. The molecular formula is C11H18N2O. The van der Waals surface area contributed by atoms with Crippen molar-refractivity contribution in [2.45, 2.75) is 26.3 Å². The summed E-state index contributed by atoms with van der Waals surface area (Å²) in [5, 5.41) is 6.48. The normalized spacial score (nSPS) is 47.0. The monoisotopic (exact) mass is 194 g/mol. The van der Waals surface area contributed by atoms with Crippen molar-refractivity contribution in [2.75, 3.05) is 13.1 Å². The van der Waals surface area contributed by atoms with Crippen molar-refractivity contribution in [2.24, 2.45) is 23.2 Å². The maximum Gasteiger partial charge on any atom is 0.224 e. The molecule has 0 aromatic heterocycles. The fraction of sp³-hybridized carbons (Fsp3) is 0.909. The molecule has 0 aromatic carbocycles. The van der Waals surface area contributed by atoms with E-state index >= 15 is 0 Å². The molecular weight excluding hydrogens is 176 g/mol. The first-order chi connectivity index (χ1) is 6.59. The molecule has 2 unspecified atom stereocenters. The van der Waals surface area contributed by atoms with Crippen molar-refractivity contribution < 1.29 is 4.79 Å². The molecule has 0 radical (unpaired) electrons. The van der Waals surface area contributed by atoms with Gasteiger partial charge in [-0.15, -0.1) is 0 Å². The van der Waals surface area contributed by atoms with E-state index in [1.807, 2.05) is 0 Å². The average Bonchev–Trinajstić information content (AvgIpc) is 2.86. The Hall–Kier alpha value is -0.570. The first-order valence-electron chi connectivity index (χ1n) is 5.61. The number of nitrogens with one attached hydrogen (secondary N) is 2. The minimum Gasteiger partial charge on any atom is -0.353 e. The lowest BCUT2D eigenvalue weighted by atomic mass is 10.2. The Bertz CT molecular complexity index is 277. The van der Waals surface area contributed by atoms with Gasteiger partial charge in [0.05, 0.1) is 0 Å². The van der Waals surface area contributed by atoms with Gasteiger partial charge >= 0.3 is 0 Å². The lowest BCUT2D eigenvalue weighted by Gasteiger charge is -2.08. The predicted molar refractivity (Wildman–Crippen MR) is 53.7 cm³/mol. The van der Waals surface area contributed by atoms with Gasteiger partial charge in [-0.25, -0.2) is 0 Å². The highest BCUT2D eigenvalue weighted by Gasteiger charge is 2.58. The Morgan fingerprint density at radius 3 is 2.43 bits per heavy atom. The van der Waals surface area contributed by atoms with Gasteiger partial charge in [0, 0.05) is 12.0 Å². The summed E-state index contributed by atoms with van der Waals surface area (Å²) in [5.74, 6) is 1.96. The van der Waals surface area contributed by atoms with Crippen LogP contribution < -0.4 is 10.6 Å². The third kappa shape index (κ3) is 1.18. The van der Waals surface area contributed by atoms with Crippen LogP contribution in [0.2, 0.25) is 0 Å². The van der Waals surface area contributed by atoms with Crippen molar-refractivity contribution >= 4 is 5.91 Å². The van der Waals surface area contributed by atoms with Gasteiger partial charge in [0.25, 0.3) is 0 Å². The molecule has 14 heavy (non-hydrogen) atoms. The molecule has 2 saturated carbocycles. The maximum atomic E-state index is 11.8. The molecule has 2 N–H and O–H groups in total. The fourth-order valence-corrected chi connectivity index (χ4v) is 2.79. The minimum atomic E-state index is 0.317. The molecule has 78 valence electrons. The molecule has 1 aliphatic heterocycles. The van der Waals surface area contributed by atoms with Crippen LogP contribution in [0.1, 0.15) is 20.3 Å². The molecule has 1 saturated heterocycles. The van der Waals surface area contributed by atoms with Gasteiger partial charge in [0.15, 0.2) is 0 Å². The van der Waals surface area contributed by atoms with Gasteiger partial charge in [0.1, 0.15) is 0 Å². The number of piperidine rings is 1. The van der Waals surface area contributed by atoms with Gasteiger partial charge < -0.3 is 10.6 Å². The van der Waals surface area contributed by atoms with Crippen LogP contribution in [0.15, 0.2) is 0 Å². The number of hydrogen-bond acceptors (Lipinski definition) is 2. The lowest BCUT2D eigenvalue weighted by Crippen LogP contribution is -2.32. The molecule has 3 aliphatic rings. The zero-order valence-electron chi connectivity index (χ0n) is 8.84. The van der Waals surface area contributed by atoms with E-state index in [2.05, 4.69) is 24.5 Å². The van der Waals surface area contributed by atoms with Crippen molar-refractivity contribution in [3.05, 3.63) is 0 Å². The smallest absolute Gasteiger partial charge is 0.224 e. The molecule has 1 heterocycles. The van der Waals surface area contributed by atoms with Crippen molar-refractivity contribution in [1.29, 1.82) is 0 Å². The van der Waals surface area contributed by atoms with Gasteiger partial charge in [-0.1, -0.05) is 13.8 Å². The van der Waals surface area contributed by atoms with E-state index in [0.717, 1.165) is 19.5 Å². The predicted octanol–water partition coefficient (Wildman–Crippen LogP) is 0.366. The highest BCUT2D eigenvalue weighted by Crippen LogP contribution is 2.50. The molecule has 4 atom stereocenters. The Balaban J connectivity index is 1.53. The molecule has 1 amide bonds. The zero-order chi connectivity index (χ0) is 9.92. The van der Waals surface area contributed by atoms with Crippen molar-refractivity contribution in [3.63, 3.8) is 0 Å². The van der Waals surface area contributed by atoms with Gasteiger partial charge in [-0.2, -0.15) is 0 Å². The third-order valence-electron chi connectivity index (χ3n) is 4.22.